The number of hydrogen-bond acceptors (Lipinski definition) is 6. The number of fused-ring (bicyclic) bond motifs is 1. The van der Waals surface area contributed by atoms with E-state index in [1.165, 1.54) is 0 Å². The molecule has 3 heterocycles. The molecule has 34 heavy (non-hydrogen) atoms. The number of esters is 1. The summed E-state index contributed by atoms with van der Waals surface area (Å²) in [4.78, 5) is 44.5. The first-order valence-electron chi connectivity index (χ1n) is 12.6. The fourth-order valence-corrected chi connectivity index (χ4v) is 8.24. The Kier molecular flexibility index (Phi) is 8.90. The van der Waals surface area contributed by atoms with Gasteiger partial charge in [0.25, 0.3) is 0 Å². The molecule has 7 nitrogen and oxygen atoms in total. The van der Waals surface area contributed by atoms with Gasteiger partial charge in [-0.1, -0.05) is 25.5 Å². The van der Waals surface area contributed by atoms with Crippen molar-refractivity contribution in [1.29, 1.82) is 0 Å². The summed E-state index contributed by atoms with van der Waals surface area (Å²) >= 11 is 1.63. The van der Waals surface area contributed by atoms with E-state index in [0.29, 0.717) is 26.0 Å². The third kappa shape index (κ3) is 4.55. The summed E-state index contributed by atoms with van der Waals surface area (Å²) in [6, 6.07) is -1.22. The summed E-state index contributed by atoms with van der Waals surface area (Å²) in [7, 11) is 0. The maximum absolute atomic E-state index is 14.1. The van der Waals surface area contributed by atoms with Crippen molar-refractivity contribution in [3.8, 4) is 0 Å². The van der Waals surface area contributed by atoms with Crippen LogP contribution in [0.5, 0.6) is 0 Å². The van der Waals surface area contributed by atoms with E-state index in [0.717, 1.165) is 25.7 Å². The highest BCUT2D eigenvalue weighted by Gasteiger charge is 2.74. The number of rotatable bonds is 13. The Bertz CT molecular complexity index is 804. The number of allylic oxidation sites excluding steroid dienone is 1. The molecule has 7 atom stereocenters. The number of nitrogens with zero attached hydrogens (tertiary/aromatic N) is 2. The Hall–Kier alpha value is -1.80. The molecule has 1 spiro atoms. The van der Waals surface area contributed by atoms with Crippen molar-refractivity contribution in [2.24, 2.45) is 11.8 Å². The van der Waals surface area contributed by atoms with Crippen molar-refractivity contribution in [1.82, 2.24) is 9.80 Å². The Morgan fingerprint density at radius 2 is 2.09 bits per heavy atom. The molecule has 2 amide bonds. The number of amides is 2. The third-order valence-electron chi connectivity index (χ3n) is 7.63. The van der Waals surface area contributed by atoms with Crippen LogP contribution in [0.3, 0.4) is 0 Å². The molecule has 1 N–H and O–H groups in total. The van der Waals surface area contributed by atoms with Gasteiger partial charge < -0.3 is 19.6 Å². The topological polar surface area (TPSA) is 87.2 Å². The SMILES string of the molecule is C=CCCCOC(=O)[C@@H]1[C@@H]2CCC3(S2)C(C(=O)N(CC=C)C(C)CCC)N([C@H](C)CO)C(=O)[C@H]13. The lowest BCUT2D eigenvalue weighted by Crippen LogP contribution is -2.58. The summed E-state index contributed by atoms with van der Waals surface area (Å²) < 4.78 is 4.91. The van der Waals surface area contributed by atoms with E-state index >= 15 is 0 Å². The predicted octanol–water partition coefficient (Wildman–Crippen LogP) is 3.17. The second kappa shape index (κ2) is 11.3. The molecule has 3 aliphatic heterocycles. The molecule has 0 saturated carbocycles. The minimum absolute atomic E-state index is 0.00144. The lowest BCUT2D eigenvalue weighted by molar-refractivity contribution is -0.154. The molecular formula is C26H40N2O5S. The highest BCUT2D eigenvalue weighted by atomic mass is 32.2. The van der Waals surface area contributed by atoms with Crippen molar-refractivity contribution in [2.75, 3.05) is 19.8 Å². The van der Waals surface area contributed by atoms with E-state index in [4.69, 9.17) is 4.74 Å². The molecule has 3 unspecified atom stereocenters. The first-order valence-corrected chi connectivity index (χ1v) is 13.5. The van der Waals surface area contributed by atoms with Crippen LogP contribution in [-0.4, -0.2) is 80.6 Å². The number of unbranched alkanes of at least 4 members (excludes halogenated alkanes) is 1. The zero-order chi connectivity index (χ0) is 25.0. The van der Waals surface area contributed by atoms with Crippen molar-refractivity contribution in [3.63, 3.8) is 0 Å². The molecule has 3 fully saturated rings. The van der Waals surface area contributed by atoms with Gasteiger partial charge >= 0.3 is 5.97 Å². The largest absolute Gasteiger partial charge is 0.465 e. The number of likely N-dealkylation sites (tertiary alicyclic amines) is 1. The molecule has 3 aliphatic rings. The summed E-state index contributed by atoms with van der Waals surface area (Å²) in [5.41, 5.74) is 0. The van der Waals surface area contributed by atoms with E-state index in [2.05, 4.69) is 20.1 Å². The first kappa shape index (κ1) is 26.8. The van der Waals surface area contributed by atoms with Gasteiger partial charge in [0.1, 0.15) is 6.04 Å². The summed E-state index contributed by atoms with van der Waals surface area (Å²) in [6.07, 6.45) is 8.23. The van der Waals surface area contributed by atoms with Crippen LogP contribution in [0.1, 0.15) is 59.3 Å². The monoisotopic (exact) mass is 492 g/mol. The Labute approximate surface area is 208 Å². The zero-order valence-corrected chi connectivity index (χ0v) is 21.6. The van der Waals surface area contributed by atoms with E-state index in [-0.39, 0.29) is 35.7 Å². The predicted molar refractivity (Wildman–Crippen MR) is 134 cm³/mol. The Morgan fingerprint density at radius 3 is 2.71 bits per heavy atom. The summed E-state index contributed by atoms with van der Waals surface area (Å²) in [5.74, 6) is -1.80. The Balaban J connectivity index is 1.96. The summed E-state index contributed by atoms with van der Waals surface area (Å²) in [6.45, 7) is 13.9. The molecule has 0 aromatic carbocycles. The second-order valence-electron chi connectivity index (χ2n) is 9.85. The first-order chi connectivity index (χ1) is 16.3. The van der Waals surface area contributed by atoms with Crippen molar-refractivity contribution >= 4 is 29.5 Å². The number of hydrogen-bond donors (Lipinski definition) is 1. The van der Waals surface area contributed by atoms with Crippen LogP contribution in [0.4, 0.5) is 0 Å². The van der Waals surface area contributed by atoms with Gasteiger partial charge in [-0.15, -0.1) is 24.9 Å². The summed E-state index contributed by atoms with van der Waals surface area (Å²) in [5, 5.41) is 9.95. The highest BCUT2D eigenvalue weighted by Crippen LogP contribution is 2.67. The van der Waals surface area contributed by atoms with Crippen molar-refractivity contribution < 1.29 is 24.2 Å². The van der Waals surface area contributed by atoms with Crippen molar-refractivity contribution in [2.45, 2.75) is 87.4 Å². The number of carbonyl (C=O) groups is 3. The van der Waals surface area contributed by atoms with Crippen LogP contribution < -0.4 is 0 Å². The third-order valence-corrected chi connectivity index (χ3v) is 9.58. The van der Waals surface area contributed by atoms with Gasteiger partial charge in [-0.3, -0.25) is 14.4 Å². The smallest absolute Gasteiger partial charge is 0.310 e. The van der Waals surface area contributed by atoms with Gasteiger partial charge in [0, 0.05) is 17.8 Å². The molecule has 2 bridgehead atoms. The van der Waals surface area contributed by atoms with Crippen LogP contribution in [0, 0.1) is 11.8 Å². The lowest BCUT2D eigenvalue weighted by Gasteiger charge is -2.40. The number of thioether (sulfide) groups is 1. The molecule has 0 aromatic heterocycles. The molecule has 190 valence electrons. The van der Waals surface area contributed by atoms with Gasteiger partial charge in [0.05, 0.1) is 35.8 Å². The molecular weight excluding hydrogens is 452 g/mol. The van der Waals surface area contributed by atoms with Crippen LogP contribution in [0.15, 0.2) is 25.3 Å². The van der Waals surface area contributed by atoms with Gasteiger partial charge in [-0.2, -0.15) is 0 Å². The standard InChI is InChI=1S/C26H40N2O5S/c1-6-9-10-15-33-25(32)20-19-12-13-26(34-19)21(20)23(30)28(18(5)16-29)22(26)24(31)27(14-8-3)17(4)11-7-2/h6,8,17-22,29H,1,3,7,9-16H2,2,4-5H3/t17?,18-,19+,20-,21+,22?,26?/m1/s1. The maximum Gasteiger partial charge on any atom is 0.310 e. The number of aliphatic hydroxyl groups excluding tert-OH is 1. The van der Waals surface area contributed by atoms with Gasteiger partial charge in [-0.25, -0.2) is 0 Å². The van der Waals surface area contributed by atoms with Gasteiger partial charge in [0.15, 0.2) is 0 Å². The van der Waals surface area contributed by atoms with E-state index in [1.54, 1.807) is 35.7 Å². The minimum atomic E-state index is -0.708. The average molecular weight is 493 g/mol. The normalized spacial score (nSPS) is 31.2. The lowest BCUT2D eigenvalue weighted by atomic mass is 9.71. The molecule has 0 radical (unpaired) electrons. The van der Waals surface area contributed by atoms with E-state index in [9.17, 15) is 19.5 Å². The highest BCUT2D eigenvalue weighted by molar-refractivity contribution is 8.02. The average Bonchev–Trinajstić information content (AvgIpc) is 3.46. The van der Waals surface area contributed by atoms with Crippen LogP contribution >= 0.6 is 11.8 Å². The molecule has 0 aliphatic carbocycles. The number of aliphatic hydroxyl groups is 1. The van der Waals surface area contributed by atoms with Crippen molar-refractivity contribution in [3.05, 3.63) is 25.3 Å². The Morgan fingerprint density at radius 1 is 1.35 bits per heavy atom. The fraction of sp³-hybridized carbons (Fsp3) is 0.731. The van der Waals surface area contributed by atoms with E-state index < -0.39 is 28.7 Å². The number of carbonyl (C=O) groups excluding carboxylic acids is 3. The zero-order valence-electron chi connectivity index (χ0n) is 20.8. The van der Waals surface area contributed by atoms with Crippen LogP contribution in [0.25, 0.3) is 0 Å². The van der Waals surface area contributed by atoms with Gasteiger partial charge in [0.2, 0.25) is 11.8 Å². The molecule has 3 rings (SSSR count). The second-order valence-corrected chi connectivity index (χ2v) is 11.4. The molecule has 0 aromatic rings. The molecule has 8 heteroatoms. The number of ether oxygens (including phenoxy) is 1. The fourth-order valence-electron chi connectivity index (χ4n) is 6.05. The van der Waals surface area contributed by atoms with Crippen LogP contribution in [-0.2, 0) is 19.1 Å². The minimum Gasteiger partial charge on any atom is -0.465 e. The molecule has 3 saturated heterocycles. The van der Waals surface area contributed by atoms with Crippen LogP contribution in [0.2, 0.25) is 0 Å². The van der Waals surface area contributed by atoms with Gasteiger partial charge in [-0.05, 0) is 46.0 Å². The van der Waals surface area contributed by atoms with E-state index in [1.807, 2.05) is 11.8 Å². The maximum atomic E-state index is 14.1. The quantitative estimate of drug-likeness (QED) is 0.241.